The maximum absolute atomic E-state index is 11.3. The number of hydrogen-bond donors (Lipinski definition) is 2. The summed E-state index contributed by atoms with van der Waals surface area (Å²) < 4.78 is 65.4. The molecule has 4 rings (SSSR count). The Kier molecular flexibility index (Phi) is 6.32. The maximum Gasteiger partial charge on any atom is 0.294 e. The van der Waals surface area contributed by atoms with Crippen molar-refractivity contribution in [1.82, 2.24) is 0 Å². The average molecular weight is 513 g/mol. The van der Waals surface area contributed by atoms with Gasteiger partial charge >= 0.3 is 0 Å². The molecule has 0 saturated carbocycles. The molecule has 0 radical (unpaired) electrons. The molecule has 0 amide bonds. The summed E-state index contributed by atoms with van der Waals surface area (Å²) in [6.07, 6.45) is 4.55. The minimum Gasteiger partial charge on any atom is -0.282 e. The van der Waals surface area contributed by atoms with Gasteiger partial charge in [0.05, 0.1) is 9.80 Å². The Labute approximate surface area is 201 Å². The maximum atomic E-state index is 11.3. The highest BCUT2D eigenvalue weighted by atomic mass is 32.2. The predicted molar refractivity (Wildman–Crippen MR) is 138 cm³/mol. The standard InChI is InChI=1S/C25H20O6S3/c1-3-17(5-4-16(2)33(26,27)28)19-8-12-22-23-13-9-20(15-25(23)32-24(22)14-19)18-6-10-21(11-7-18)34(29,30)31/h3-15H,1H2,2H3,(H,26,27,28)(H,29,30,31). The molecule has 0 aliphatic rings. The van der Waals surface area contributed by atoms with Crippen molar-refractivity contribution in [3.63, 3.8) is 0 Å². The Hall–Kier alpha value is -3.08. The van der Waals surface area contributed by atoms with Crippen LogP contribution in [-0.2, 0) is 20.2 Å². The molecular formula is C25H20O6S3. The lowest BCUT2D eigenvalue weighted by atomic mass is 10.0. The monoisotopic (exact) mass is 512 g/mol. The van der Waals surface area contributed by atoms with Gasteiger partial charge in [0.15, 0.2) is 0 Å². The molecule has 3 aromatic carbocycles. The first-order chi connectivity index (χ1) is 16.0. The molecule has 0 aliphatic heterocycles. The smallest absolute Gasteiger partial charge is 0.282 e. The molecule has 174 valence electrons. The first kappa shape index (κ1) is 24.1. The van der Waals surface area contributed by atoms with E-state index in [1.54, 1.807) is 35.6 Å². The molecule has 0 unspecified atom stereocenters. The van der Waals surface area contributed by atoms with E-state index in [0.29, 0.717) is 5.57 Å². The second kappa shape index (κ2) is 8.94. The summed E-state index contributed by atoms with van der Waals surface area (Å²) >= 11 is 1.60. The number of hydrogen-bond acceptors (Lipinski definition) is 5. The Bertz CT molecular complexity index is 1710. The number of fused-ring (bicyclic) bond motifs is 3. The molecule has 9 heteroatoms. The fourth-order valence-electron chi connectivity index (χ4n) is 3.53. The van der Waals surface area contributed by atoms with Gasteiger partial charge < -0.3 is 0 Å². The molecule has 0 fully saturated rings. The van der Waals surface area contributed by atoms with Crippen molar-refractivity contribution < 1.29 is 25.9 Å². The van der Waals surface area contributed by atoms with E-state index in [-0.39, 0.29) is 9.80 Å². The first-order valence-corrected chi connectivity index (χ1v) is 13.7. The zero-order valence-electron chi connectivity index (χ0n) is 18.0. The highest BCUT2D eigenvalue weighted by Gasteiger charge is 2.12. The SMILES string of the molecule is C=CC(=CC=C(C)S(=O)(=O)O)c1ccc2c(c1)sc1cc(-c3ccc(S(=O)(=O)O)cc3)ccc12. The van der Waals surface area contributed by atoms with Crippen LogP contribution in [-0.4, -0.2) is 25.9 Å². The van der Waals surface area contributed by atoms with Crippen molar-refractivity contribution in [2.24, 2.45) is 0 Å². The van der Waals surface area contributed by atoms with E-state index >= 15 is 0 Å². The average Bonchev–Trinajstić information content (AvgIpc) is 3.15. The molecule has 1 heterocycles. The van der Waals surface area contributed by atoms with Gasteiger partial charge in [-0.1, -0.05) is 55.1 Å². The molecule has 34 heavy (non-hydrogen) atoms. The van der Waals surface area contributed by atoms with E-state index in [1.807, 2.05) is 36.4 Å². The molecular weight excluding hydrogens is 492 g/mol. The van der Waals surface area contributed by atoms with E-state index in [4.69, 9.17) is 4.55 Å². The normalized spacial score (nSPS) is 13.5. The molecule has 0 aliphatic carbocycles. The summed E-state index contributed by atoms with van der Waals surface area (Å²) in [5, 5.41) is 2.15. The molecule has 0 atom stereocenters. The Morgan fingerprint density at radius 1 is 0.824 bits per heavy atom. The van der Waals surface area contributed by atoms with Crippen molar-refractivity contribution >= 4 is 57.3 Å². The van der Waals surface area contributed by atoms with E-state index in [0.717, 1.165) is 36.9 Å². The lowest BCUT2D eigenvalue weighted by molar-refractivity contribution is 0.482. The van der Waals surface area contributed by atoms with E-state index in [1.165, 1.54) is 25.1 Å². The first-order valence-electron chi connectivity index (χ1n) is 10.0. The fourth-order valence-corrected chi connectivity index (χ4v) is 5.44. The van der Waals surface area contributed by atoms with Gasteiger partial charge in [-0.3, -0.25) is 9.11 Å². The molecule has 0 spiro atoms. The number of thiophene rings is 1. The van der Waals surface area contributed by atoms with Crippen LogP contribution in [0.4, 0.5) is 0 Å². The van der Waals surface area contributed by atoms with Crippen LogP contribution in [0.5, 0.6) is 0 Å². The lowest BCUT2D eigenvalue weighted by Crippen LogP contribution is -1.97. The second-order valence-corrected chi connectivity index (χ2v) is 11.7. The zero-order valence-corrected chi connectivity index (χ0v) is 20.4. The Balaban J connectivity index is 1.74. The number of rotatable bonds is 6. The highest BCUT2D eigenvalue weighted by molar-refractivity contribution is 7.89. The van der Waals surface area contributed by atoms with E-state index < -0.39 is 20.2 Å². The van der Waals surface area contributed by atoms with Gasteiger partial charge in [0.25, 0.3) is 20.2 Å². The summed E-state index contributed by atoms with van der Waals surface area (Å²) in [5.41, 5.74) is 3.31. The van der Waals surface area contributed by atoms with Gasteiger partial charge in [0.1, 0.15) is 0 Å². The van der Waals surface area contributed by atoms with Crippen LogP contribution >= 0.6 is 11.3 Å². The van der Waals surface area contributed by atoms with E-state index in [9.17, 15) is 21.4 Å². The summed E-state index contributed by atoms with van der Waals surface area (Å²) in [7, 11) is -8.47. The van der Waals surface area contributed by atoms with Gasteiger partial charge in [-0.05, 0) is 59.5 Å². The predicted octanol–water partition coefficient (Wildman–Crippen LogP) is 6.33. The van der Waals surface area contributed by atoms with Crippen molar-refractivity contribution in [2.45, 2.75) is 11.8 Å². The summed E-state index contributed by atoms with van der Waals surface area (Å²) in [4.78, 5) is -0.314. The third kappa shape index (κ3) is 4.89. The van der Waals surface area contributed by atoms with Gasteiger partial charge in [0, 0.05) is 20.2 Å². The molecule has 0 saturated heterocycles. The zero-order chi connectivity index (χ0) is 24.7. The van der Waals surface area contributed by atoms with Gasteiger partial charge in [-0.2, -0.15) is 16.8 Å². The van der Waals surface area contributed by atoms with Crippen LogP contribution in [0.25, 0.3) is 36.9 Å². The van der Waals surface area contributed by atoms with Crippen molar-refractivity contribution in [1.29, 1.82) is 0 Å². The molecule has 4 aromatic rings. The lowest BCUT2D eigenvalue weighted by Gasteiger charge is -2.04. The molecule has 1 aromatic heterocycles. The minimum atomic E-state index is -4.24. The van der Waals surface area contributed by atoms with Crippen LogP contribution in [0.2, 0.25) is 0 Å². The van der Waals surface area contributed by atoms with Gasteiger partial charge in [-0.25, -0.2) is 0 Å². The topological polar surface area (TPSA) is 109 Å². The molecule has 6 nitrogen and oxygen atoms in total. The van der Waals surface area contributed by atoms with Gasteiger partial charge in [0.2, 0.25) is 0 Å². The van der Waals surface area contributed by atoms with Crippen molar-refractivity contribution in [3.8, 4) is 11.1 Å². The van der Waals surface area contributed by atoms with Crippen LogP contribution in [0.3, 0.4) is 0 Å². The Morgan fingerprint density at radius 3 is 2.00 bits per heavy atom. The number of benzene rings is 3. The van der Waals surface area contributed by atoms with Crippen LogP contribution in [0.1, 0.15) is 12.5 Å². The second-order valence-electron chi connectivity index (χ2n) is 7.60. The van der Waals surface area contributed by atoms with Crippen molar-refractivity contribution in [3.05, 3.63) is 95.9 Å². The molecule has 0 bridgehead atoms. The summed E-state index contributed by atoms with van der Waals surface area (Å²) in [6.45, 7) is 5.12. The third-order valence-electron chi connectivity index (χ3n) is 5.42. The largest absolute Gasteiger partial charge is 0.294 e. The van der Waals surface area contributed by atoms with Crippen LogP contribution in [0, 0.1) is 0 Å². The summed E-state index contributed by atoms with van der Waals surface area (Å²) in [5.74, 6) is 0. The van der Waals surface area contributed by atoms with Crippen LogP contribution in [0.15, 0.2) is 95.3 Å². The Morgan fingerprint density at radius 2 is 1.41 bits per heavy atom. The minimum absolute atomic E-state index is 0.153. The fraction of sp³-hybridized carbons (Fsp3) is 0.0400. The third-order valence-corrected chi connectivity index (χ3v) is 8.35. The van der Waals surface area contributed by atoms with E-state index in [2.05, 4.69) is 6.58 Å². The highest BCUT2D eigenvalue weighted by Crippen LogP contribution is 2.38. The summed E-state index contributed by atoms with van der Waals surface area (Å²) in [6, 6.07) is 18.0. The van der Waals surface area contributed by atoms with Crippen molar-refractivity contribution in [2.75, 3.05) is 0 Å². The van der Waals surface area contributed by atoms with Gasteiger partial charge in [-0.15, -0.1) is 11.3 Å². The quantitative estimate of drug-likeness (QED) is 0.231. The van der Waals surface area contributed by atoms with Crippen LogP contribution < -0.4 is 0 Å². The molecule has 2 N–H and O–H groups in total. The number of allylic oxidation sites excluding steroid dienone is 5.